The number of hydrogen-bond acceptors (Lipinski definition) is 5. The van der Waals surface area contributed by atoms with Crippen molar-refractivity contribution in [2.75, 3.05) is 13.7 Å². The average Bonchev–Trinajstić information content (AvgIpc) is 3.45. The third-order valence-electron chi connectivity index (χ3n) is 6.51. The number of halogens is 3. The first-order chi connectivity index (χ1) is 14.8. The predicted octanol–water partition coefficient (Wildman–Crippen LogP) is 3.35. The van der Waals surface area contributed by atoms with Crippen LogP contribution in [0.3, 0.4) is 0 Å². The molecule has 2 aromatic rings. The van der Waals surface area contributed by atoms with Gasteiger partial charge in [-0.15, -0.1) is 11.3 Å². The largest absolute Gasteiger partial charge is 0.374 e. The number of rotatable bonds is 4. The van der Waals surface area contributed by atoms with Crippen LogP contribution >= 0.6 is 11.3 Å². The Morgan fingerprint density at radius 3 is 2.74 bits per heavy atom. The van der Waals surface area contributed by atoms with Gasteiger partial charge in [-0.2, -0.15) is 0 Å². The molecule has 6 nitrogen and oxygen atoms in total. The van der Waals surface area contributed by atoms with E-state index in [2.05, 4.69) is 4.98 Å². The number of nitrogens with one attached hydrogen (secondary N) is 1. The quantitative estimate of drug-likeness (QED) is 0.743. The maximum atomic E-state index is 15.3. The molecule has 1 fully saturated rings. The number of hydrogen-bond donors (Lipinski definition) is 2. The average molecular weight is 453 g/mol. The van der Waals surface area contributed by atoms with Gasteiger partial charge in [0.25, 0.3) is 11.5 Å². The number of aromatic nitrogens is 2. The summed E-state index contributed by atoms with van der Waals surface area (Å²) in [4.78, 5) is 28.5. The number of nitrogens with zero attached hydrogens (tertiary/aromatic N) is 1. The van der Waals surface area contributed by atoms with Gasteiger partial charge in [0, 0.05) is 35.9 Å². The van der Waals surface area contributed by atoms with Gasteiger partial charge in [-0.05, 0) is 37.0 Å². The standard InChI is InChI=1S/C21H22F3N3O3S/c1-30-18-16(15-7-10-12(8-25)21(23,24)5-4-14(10)31-15)13(22)6-11-17(18)27(9-2-3-9)20(29)26-19(11)28/h6-7,9,12,16,18H,2-5,8,25H2,1H3,(H,26,28,29). The van der Waals surface area contributed by atoms with Crippen LogP contribution in [0, 0.1) is 0 Å². The number of nitrogens with two attached hydrogens (primary N) is 1. The molecular formula is C21H22F3N3O3S. The molecule has 1 saturated carbocycles. The lowest BCUT2D eigenvalue weighted by atomic mass is 9.82. The normalized spacial score (nSPS) is 26.9. The highest BCUT2D eigenvalue weighted by atomic mass is 32.1. The molecule has 0 amide bonds. The van der Waals surface area contributed by atoms with Crippen molar-refractivity contribution in [1.29, 1.82) is 0 Å². The van der Waals surface area contributed by atoms with Gasteiger partial charge in [0.2, 0.25) is 0 Å². The summed E-state index contributed by atoms with van der Waals surface area (Å²) >= 11 is 1.27. The van der Waals surface area contributed by atoms with E-state index >= 15 is 4.39 Å². The van der Waals surface area contributed by atoms with Crippen molar-refractivity contribution >= 4 is 17.4 Å². The van der Waals surface area contributed by atoms with E-state index in [1.54, 1.807) is 6.07 Å². The fraction of sp³-hybridized carbons (Fsp3) is 0.524. The number of alkyl halides is 2. The molecule has 3 N–H and O–H groups in total. The van der Waals surface area contributed by atoms with Crippen LogP contribution in [-0.4, -0.2) is 29.1 Å². The first-order valence-electron chi connectivity index (χ1n) is 10.3. The number of ether oxygens (including phenoxy) is 1. The highest BCUT2D eigenvalue weighted by molar-refractivity contribution is 7.12. The highest BCUT2D eigenvalue weighted by Crippen LogP contribution is 2.52. The summed E-state index contributed by atoms with van der Waals surface area (Å²) in [5.74, 6) is -5.54. The molecule has 3 aliphatic rings. The zero-order valence-corrected chi connectivity index (χ0v) is 17.6. The summed E-state index contributed by atoms with van der Waals surface area (Å²) in [6.07, 6.45) is 1.69. The molecule has 5 rings (SSSR count). The Labute approximate surface area is 179 Å². The van der Waals surface area contributed by atoms with E-state index in [9.17, 15) is 18.4 Å². The minimum atomic E-state index is -2.91. The molecule has 0 radical (unpaired) electrons. The Bertz CT molecular complexity index is 1190. The molecule has 166 valence electrons. The van der Waals surface area contributed by atoms with Gasteiger partial charge in [-0.3, -0.25) is 14.3 Å². The predicted molar refractivity (Wildman–Crippen MR) is 111 cm³/mol. The van der Waals surface area contributed by atoms with Gasteiger partial charge in [-0.1, -0.05) is 0 Å². The Morgan fingerprint density at radius 2 is 2.10 bits per heavy atom. The number of H-pyrrole nitrogens is 1. The summed E-state index contributed by atoms with van der Waals surface area (Å²) < 4.78 is 51.3. The third-order valence-corrected chi connectivity index (χ3v) is 7.80. The molecular weight excluding hydrogens is 431 g/mol. The molecule has 3 atom stereocenters. The van der Waals surface area contributed by atoms with E-state index in [0.717, 1.165) is 23.8 Å². The summed E-state index contributed by atoms with van der Waals surface area (Å²) in [7, 11) is 1.40. The van der Waals surface area contributed by atoms with Gasteiger partial charge in [0.15, 0.2) is 0 Å². The lowest BCUT2D eigenvalue weighted by Gasteiger charge is -2.31. The van der Waals surface area contributed by atoms with E-state index in [1.165, 1.54) is 23.0 Å². The monoisotopic (exact) mass is 453 g/mol. The summed E-state index contributed by atoms with van der Waals surface area (Å²) in [5.41, 5.74) is 5.32. The van der Waals surface area contributed by atoms with E-state index in [0.29, 0.717) is 16.1 Å². The van der Waals surface area contributed by atoms with Gasteiger partial charge in [-0.25, -0.2) is 18.0 Å². The second-order valence-corrected chi connectivity index (χ2v) is 9.57. The summed E-state index contributed by atoms with van der Waals surface area (Å²) in [6.45, 7) is -0.202. The van der Waals surface area contributed by atoms with Crippen LogP contribution < -0.4 is 17.0 Å². The molecule has 10 heteroatoms. The lowest BCUT2D eigenvalue weighted by Crippen LogP contribution is -2.38. The zero-order valence-electron chi connectivity index (χ0n) is 16.8. The van der Waals surface area contributed by atoms with Crippen LogP contribution in [0.5, 0.6) is 0 Å². The van der Waals surface area contributed by atoms with Crippen molar-refractivity contribution in [3.8, 4) is 0 Å². The smallest absolute Gasteiger partial charge is 0.328 e. The molecule has 0 aliphatic heterocycles. The third kappa shape index (κ3) is 3.15. The fourth-order valence-corrected chi connectivity index (χ4v) is 6.21. The molecule has 3 aliphatic carbocycles. The van der Waals surface area contributed by atoms with Gasteiger partial charge in [0.1, 0.15) is 11.9 Å². The summed E-state index contributed by atoms with van der Waals surface area (Å²) in [5, 5.41) is 0. The van der Waals surface area contributed by atoms with Gasteiger partial charge < -0.3 is 10.5 Å². The van der Waals surface area contributed by atoms with Crippen molar-refractivity contribution in [2.45, 2.75) is 55.6 Å². The van der Waals surface area contributed by atoms with E-state index in [4.69, 9.17) is 10.5 Å². The van der Waals surface area contributed by atoms with Gasteiger partial charge in [0.05, 0.1) is 23.1 Å². The second-order valence-electron chi connectivity index (χ2n) is 8.40. The Morgan fingerprint density at radius 1 is 1.35 bits per heavy atom. The molecule has 0 bridgehead atoms. The van der Waals surface area contributed by atoms with Crippen molar-refractivity contribution in [1.82, 2.24) is 9.55 Å². The van der Waals surface area contributed by atoms with Crippen LogP contribution in [0.2, 0.25) is 0 Å². The van der Waals surface area contributed by atoms with Crippen LogP contribution in [0.1, 0.15) is 69.8 Å². The van der Waals surface area contributed by atoms with Crippen LogP contribution in [-0.2, 0) is 11.2 Å². The van der Waals surface area contributed by atoms with Crippen LogP contribution in [0.4, 0.5) is 13.2 Å². The highest BCUT2D eigenvalue weighted by Gasteiger charge is 2.46. The van der Waals surface area contributed by atoms with E-state index < -0.39 is 40.9 Å². The maximum Gasteiger partial charge on any atom is 0.328 e. The number of fused-ring (bicyclic) bond motifs is 2. The Balaban J connectivity index is 1.66. The molecule has 2 aromatic heterocycles. The van der Waals surface area contributed by atoms with Crippen molar-refractivity contribution in [3.63, 3.8) is 0 Å². The Kier molecular flexibility index (Phi) is 4.80. The topological polar surface area (TPSA) is 90.1 Å². The van der Waals surface area contributed by atoms with Crippen molar-refractivity contribution in [3.05, 3.63) is 59.3 Å². The Hall–Kier alpha value is -2.17. The minimum absolute atomic E-state index is 0.0668. The SMILES string of the molecule is COC1c2c(c(=O)[nH]c(=O)n2C2CC2)C=C(F)C1c1cc2c(s1)CCC(F)(F)C2CN. The van der Waals surface area contributed by atoms with Gasteiger partial charge >= 0.3 is 5.69 Å². The fourth-order valence-electron chi connectivity index (χ4n) is 4.86. The number of aryl methyl sites for hydroxylation is 1. The van der Waals surface area contributed by atoms with Crippen LogP contribution in [0.25, 0.3) is 6.08 Å². The molecule has 0 saturated heterocycles. The first-order valence-corrected chi connectivity index (χ1v) is 11.1. The summed E-state index contributed by atoms with van der Waals surface area (Å²) in [6, 6.07) is 1.54. The van der Waals surface area contributed by atoms with E-state index in [-0.39, 0.29) is 31.0 Å². The molecule has 3 unspecified atom stereocenters. The molecule has 0 aromatic carbocycles. The zero-order chi connectivity index (χ0) is 22.1. The van der Waals surface area contributed by atoms with Crippen LogP contribution in [0.15, 0.2) is 21.5 Å². The molecule has 0 spiro atoms. The minimum Gasteiger partial charge on any atom is -0.374 e. The molecule has 31 heavy (non-hydrogen) atoms. The van der Waals surface area contributed by atoms with Crippen molar-refractivity contribution in [2.24, 2.45) is 5.73 Å². The van der Waals surface area contributed by atoms with Crippen molar-refractivity contribution < 1.29 is 17.9 Å². The first kappa shape index (κ1) is 20.7. The lowest BCUT2D eigenvalue weighted by molar-refractivity contribution is -0.0381. The number of aromatic amines is 1. The second kappa shape index (κ2) is 7.18. The maximum absolute atomic E-state index is 15.3. The molecule has 2 heterocycles. The van der Waals surface area contributed by atoms with E-state index in [1.807, 2.05) is 0 Å². The number of thiophene rings is 1. The number of methoxy groups -OCH3 is 1.